The summed E-state index contributed by atoms with van der Waals surface area (Å²) in [5.41, 5.74) is -0.00344. The van der Waals surface area contributed by atoms with E-state index in [0.29, 0.717) is 24.4 Å². The molecular formula is C14H29O4PS. The monoisotopic (exact) mass is 324 g/mol. The maximum atomic E-state index is 12.7. The Morgan fingerprint density at radius 1 is 1.35 bits per heavy atom. The molecule has 0 saturated heterocycles. The van der Waals surface area contributed by atoms with E-state index in [0.717, 1.165) is 12.8 Å². The molecule has 0 N–H and O–H groups in total. The Morgan fingerprint density at radius 3 is 2.50 bits per heavy atom. The maximum Gasteiger partial charge on any atom is 0.343 e. The molecule has 1 saturated carbocycles. The van der Waals surface area contributed by atoms with Gasteiger partial charge in [0.05, 0.1) is 12.7 Å². The molecule has 1 aliphatic rings. The van der Waals surface area contributed by atoms with Crippen molar-refractivity contribution in [2.45, 2.75) is 53.1 Å². The molecular weight excluding hydrogens is 295 g/mol. The van der Waals surface area contributed by atoms with Crippen molar-refractivity contribution in [2.24, 2.45) is 17.8 Å². The Kier molecular flexibility index (Phi) is 7.40. The molecule has 0 bridgehead atoms. The standard InChI is InChI=1S/C14H29O4PS/c1-6-17-19(15,10-20(5)16)18-14-9-12(4)7-8-13(14)11(2)3/h11-14H,6-10H2,1-5H3. The zero-order valence-corrected chi connectivity index (χ0v) is 15.0. The fraction of sp³-hybridized carbons (Fsp3) is 1.00. The van der Waals surface area contributed by atoms with Gasteiger partial charge in [-0.3, -0.25) is 8.77 Å². The van der Waals surface area contributed by atoms with Gasteiger partial charge in [0, 0.05) is 17.1 Å². The second-order valence-corrected chi connectivity index (χ2v) is 10.1. The van der Waals surface area contributed by atoms with E-state index in [1.165, 1.54) is 6.42 Å². The van der Waals surface area contributed by atoms with E-state index in [2.05, 4.69) is 20.8 Å². The lowest BCUT2D eigenvalue weighted by molar-refractivity contribution is 0.0331. The third-order valence-corrected chi connectivity index (χ3v) is 7.89. The summed E-state index contributed by atoms with van der Waals surface area (Å²) in [6.07, 6.45) is 4.71. The van der Waals surface area contributed by atoms with E-state index in [1.807, 2.05) is 0 Å². The van der Waals surface area contributed by atoms with Gasteiger partial charge in [0.15, 0.2) is 0 Å². The summed E-state index contributed by atoms with van der Waals surface area (Å²) in [5, 5.41) is 0. The zero-order chi connectivity index (χ0) is 15.3. The second kappa shape index (κ2) is 8.07. The molecule has 1 rings (SSSR count). The van der Waals surface area contributed by atoms with Gasteiger partial charge >= 0.3 is 7.60 Å². The molecule has 5 unspecified atom stereocenters. The van der Waals surface area contributed by atoms with Gasteiger partial charge in [0.1, 0.15) is 5.49 Å². The van der Waals surface area contributed by atoms with Crippen molar-refractivity contribution in [3.8, 4) is 0 Å². The summed E-state index contributed by atoms with van der Waals surface area (Å²) in [6.45, 7) is 8.68. The van der Waals surface area contributed by atoms with Crippen LogP contribution in [0.15, 0.2) is 0 Å². The molecule has 0 aromatic heterocycles. The molecule has 5 atom stereocenters. The number of hydrogen-bond donors (Lipinski definition) is 0. The largest absolute Gasteiger partial charge is 0.343 e. The molecule has 0 spiro atoms. The van der Waals surface area contributed by atoms with Crippen molar-refractivity contribution < 1.29 is 17.8 Å². The van der Waals surface area contributed by atoms with Gasteiger partial charge in [-0.25, -0.2) is 0 Å². The highest BCUT2D eigenvalue weighted by molar-refractivity contribution is 7.91. The second-order valence-electron chi connectivity index (χ2n) is 6.20. The SMILES string of the molecule is CCOP(=O)(CS(C)=O)OC1CC(C)CCC1C(C)C. The van der Waals surface area contributed by atoms with Crippen LogP contribution in [0.4, 0.5) is 0 Å². The fourth-order valence-corrected chi connectivity index (χ4v) is 6.39. The summed E-state index contributed by atoms with van der Waals surface area (Å²) >= 11 is 0. The van der Waals surface area contributed by atoms with E-state index < -0.39 is 18.4 Å². The molecule has 0 radical (unpaired) electrons. The van der Waals surface area contributed by atoms with Crippen molar-refractivity contribution >= 4 is 18.4 Å². The Morgan fingerprint density at radius 2 is 2.00 bits per heavy atom. The zero-order valence-electron chi connectivity index (χ0n) is 13.3. The summed E-state index contributed by atoms with van der Waals surface area (Å²) in [4.78, 5) is 0. The topological polar surface area (TPSA) is 52.6 Å². The van der Waals surface area contributed by atoms with Crippen molar-refractivity contribution in [2.75, 3.05) is 18.4 Å². The minimum Gasteiger partial charge on any atom is -0.308 e. The van der Waals surface area contributed by atoms with Crippen LogP contribution < -0.4 is 0 Å². The first-order chi connectivity index (χ1) is 9.27. The van der Waals surface area contributed by atoms with Crippen molar-refractivity contribution in [1.29, 1.82) is 0 Å². The Labute approximate surface area is 126 Å². The van der Waals surface area contributed by atoms with Crippen LogP contribution in [0, 0.1) is 17.8 Å². The van der Waals surface area contributed by atoms with Crippen LogP contribution in [0.3, 0.4) is 0 Å². The summed E-state index contributed by atoms with van der Waals surface area (Å²) in [7, 11) is -4.43. The lowest BCUT2D eigenvalue weighted by Gasteiger charge is -2.38. The first-order valence-electron chi connectivity index (χ1n) is 7.49. The predicted octanol–water partition coefficient (Wildman–Crippen LogP) is 4.03. The average molecular weight is 324 g/mol. The van der Waals surface area contributed by atoms with Gasteiger partial charge in [-0.2, -0.15) is 0 Å². The third kappa shape index (κ3) is 5.59. The summed E-state index contributed by atoms with van der Waals surface area (Å²) in [6, 6.07) is 0. The normalized spacial score (nSPS) is 32.0. The molecule has 20 heavy (non-hydrogen) atoms. The molecule has 120 valence electrons. The van der Waals surface area contributed by atoms with Gasteiger partial charge in [0.25, 0.3) is 0 Å². The van der Waals surface area contributed by atoms with E-state index >= 15 is 0 Å². The molecule has 0 aromatic carbocycles. The van der Waals surface area contributed by atoms with Crippen LogP contribution in [-0.4, -0.2) is 28.7 Å². The molecule has 0 amide bonds. The van der Waals surface area contributed by atoms with Crippen molar-refractivity contribution in [3.63, 3.8) is 0 Å². The van der Waals surface area contributed by atoms with Crippen LogP contribution >= 0.6 is 7.60 Å². The van der Waals surface area contributed by atoms with E-state index in [-0.39, 0.29) is 11.6 Å². The lowest BCUT2D eigenvalue weighted by atomic mass is 9.75. The third-order valence-electron chi connectivity index (χ3n) is 3.92. The average Bonchev–Trinajstić information content (AvgIpc) is 2.26. The molecule has 1 fully saturated rings. The number of hydrogen-bond acceptors (Lipinski definition) is 4. The Hall–Kier alpha value is 0.300. The van der Waals surface area contributed by atoms with Crippen molar-refractivity contribution in [3.05, 3.63) is 0 Å². The maximum absolute atomic E-state index is 12.7. The van der Waals surface area contributed by atoms with Crippen LogP contribution in [0.25, 0.3) is 0 Å². The highest BCUT2D eigenvalue weighted by Crippen LogP contribution is 2.53. The van der Waals surface area contributed by atoms with Crippen molar-refractivity contribution in [1.82, 2.24) is 0 Å². The van der Waals surface area contributed by atoms with E-state index in [1.54, 1.807) is 13.2 Å². The highest BCUT2D eigenvalue weighted by atomic mass is 32.2. The van der Waals surface area contributed by atoms with E-state index in [9.17, 15) is 8.77 Å². The van der Waals surface area contributed by atoms with Crippen LogP contribution in [0.5, 0.6) is 0 Å². The smallest absolute Gasteiger partial charge is 0.308 e. The molecule has 6 heteroatoms. The molecule has 1 aliphatic carbocycles. The minimum atomic E-state index is -3.25. The molecule has 0 heterocycles. The quantitative estimate of drug-likeness (QED) is 0.664. The van der Waals surface area contributed by atoms with Crippen LogP contribution in [0.1, 0.15) is 47.0 Å². The molecule has 0 aromatic rings. The van der Waals surface area contributed by atoms with Gasteiger partial charge in [0.2, 0.25) is 0 Å². The Balaban J connectivity index is 2.82. The summed E-state index contributed by atoms with van der Waals surface area (Å²) in [5.74, 6) is 1.48. The first-order valence-corrected chi connectivity index (χ1v) is 10.9. The Bertz CT molecular complexity index is 372. The molecule has 0 aliphatic heterocycles. The van der Waals surface area contributed by atoms with E-state index in [4.69, 9.17) is 9.05 Å². The fourth-order valence-electron chi connectivity index (χ4n) is 2.96. The first kappa shape index (κ1) is 18.3. The van der Waals surface area contributed by atoms with Gasteiger partial charge < -0.3 is 9.05 Å². The van der Waals surface area contributed by atoms with Gasteiger partial charge in [-0.15, -0.1) is 0 Å². The van der Waals surface area contributed by atoms with Crippen LogP contribution in [-0.2, 0) is 24.4 Å². The molecule has 4 nitrogen and oxygen atoms in total. The number of rotatable bonds is 7. The van der Waals surface area contributed by atoms with Crippen LogP contribution in [0.2, 0.25) is 0 Å². The minimum absolute atomic E-state index is 0.00344. The van der Waals surface area contributed by atoms with Gasteiger partial charge in [-0.05, 0) is 37.5 Å². The highest BCUT2D eigenvalue weighted by Gasteiger charge is 2.38. The predicted molar refractivity (Wildman–Crippen MR) is 84.4 cm³/mol. The van der Waals surface area contributed by atoms with Gasteiger partial charge in [-0.1, -0.05) is 27.2 Å². The summed E-state index contributed by atoms with van der Waals surface area (Å²) < 4.78 is 35.4. The lowest BCUT2D eigenvalue weighted by Crippen LogP contribution is -2.34.